The minimum Gasteiger partial charge on any atom is -0.362 e. The number of hydrogen-bond acceptors (Lipinski definition) is 3. The van der Waals surface area contributed by atoms with Crippen LogP contribution in [0.25, 0.3) is 5.57 Å². The quantitative estimate of drug-likeness (QED) is 0.717. The van der Waals surface area contributed by atoms with Gasteiger partial charge in [0, 0.05) is 19.6 Å². The molecule has 1 aliphatic heterocycles. The van der Waals surface area contributed by atoms with Crippen LogP contribution in [0.3, 0.4) is 0 Å². The number of carbonyl (C=O) groups is 2. The van der Waals surface area contributed by atoms with Crippen molar-refractivity contribution in [3.63, 3.8) is 0 Å². The third kappa shape index (κ3) is 3.40. The van der Waals surface area contributed by atoms with Crippen LogP contribution in [0.15, 0.2) is 66.4 Å². The first-order chi connectivity index (χ1) is 12.7. The van der Waals surface area contributed by atoms with Crippen LogP contribution in [-0.2, 0) is 16.1 Å². The Kier molecular flexibility index (Phi) is 5.52. The normalized spacial score (nSPS) is 14.3. The minimum atomic E-state index is -0.190. The highest BCUT2D eigenvalue weighted by molar-refractivity contribution is 6.35. The fraction of sp³-hybridized carbons (Fsp3) is 0.273. The molecule has 0 spiro atoms. The summed E-state index contributed by atoms with van der Waals surface area (Å²) in [6, 6.07) is 19.5. The molecule has 2 amide bonds. The van der Waals surface area contributed by atoms with Crippen LogP contribution in [0.2, 0.25) is 0 Å². The van der Waals surface area contributed by atoms with E-state index in [0.717, 1.165) is 17.5 Å². The van der Waals surface area contributed by atoms with E-state index in [1.807, 2.05) is 79.4 Å². The standard InChI is InChI=1S/C22H24N2O2/c1-3-15-24-21(25)19(18-13-9-6-10-14-18)20(22(24)26)23(4-2)16-17-11-7-5-8-12-17/h5-14H,3-4,15-16H2,1-2H3. The number of hydrogen-bond donors (Lipinski definition) is 0. The second kappa shape index (κ2) is 8.00. The fourth-order valence-electron chi connectivity index (χ4n) is 3.30. The number of imide groups is 1. The first kappa shape index (κ1) is 17.9. The molecule has 4 nitrogen and oxygen atoms in total. The Morgan fingerprint density at radius 3 is 2.04 bits per heavy atom. The van der Waals surface area contributed by atoms with Gasteiger partial charge in [-0.05, 0) is 24.5 Å². The number of nitrogens with zero attached hydrogens (tertiary/aromatic N) is 2. The van der Waals surface area contributed by atoms with Crippen molar-refractivity contribution in [2.75, 3.05) is 13.1 Å². The van der Waals surface area contributed by atoms with Crippen LogP contribution in [0, 0.1) is 0 Å². The summed E-state index contributed by atoms with van der Waals surface area (Å²) < 4.78 is 0. The number of rotatable bonds is 7. The number of amides is 2. The van der Waals surface area contributed by atoms with Crippen LogP contribution < -0.4 is 0 Å². The topological polar surface area (TPSA) is 40.6 Å². The van der Waals surface area contributed by atoms with E-state index in [0.29, 0.717) is 30.9 Å². The summed E-state index contributed by atoms with van der Waals surface area (Å²) >= 11 is 0. The highest BCUT2D eigenvalue weighted by Crippen LogP contribution is 2.32. The molecule has 0 aromatic heterocycles. The van der Waals surface area contributed by atoms with Crippen molar-refractivity contribution < 1.29 is 9.59 Å². The summed E-state index contributed by atoms with van der Waals surface area (Å²) in [4.78, 5) is 29.5. The summed E-state index contributed by atoms with van der Waals surface area (Å²) in [5.74, 6) is -0.377. The highest BCUT2D eigenvalue weighted by atomic mass is 16.2. The molecule has 0 atom stereocenters. The van der Waals surface area contributed by atoms with Gasteiger partial charge < -0.3 is 4.90 Å². The molecule has 0 fully saturated rings. The van der Waals surface area contributed by atoms with Gasteiger partial charge in [-0.2, -0.15) is 0 Å². The highest BCUT2D eigenvalue weighted by Gasteiger charge is 2.40. The van der Waals surface area contributed by atoms with Gasteiger partial charge in [0.15, 0.2) is 0 Å². The molecule has 0 N–H and O–H groups in total. The van der Waals surface area contributed by atoms with Gasteiger partial charge in [0.05, 0.1) is 5.57 Å². The van der Waals surface area contributed by atoms with Crippen molar-refractivity contribution in [1.29, 1.82) is 0 Å². The minimum absolute atomic E-state index is 0.187. The van der Waals surface area contributed by atoms with Gasteiger partial charge in [0.1, 0.15) is 5.70 Å². The molecule has 0 bridgehead atoms. The first-order valence-corrected chi connectivity index (χ1v) is 9.12. The maximum absolute atomic E-state index is 13.1. The monoisotopic (exact) mass is 348 g/mol. The lowest BCUT2D eigenvalue weighted by Crippen LogP contribution is -2.35. The van der Waals surface area contributed by atoms with Crippen LogP contribution >= 0.6 is 0 Å². The summed E-state index contributed by atoms with van der Waals surface area (Å²) in [5, 5.41) is 0. The van der Waals surface area contributed by atoms with Gasteiger partial charge in [0.2, 0.25) is 0 Å². The van der Waals surface area contributed by atoms with E-state index in [2.05, 4.69) is 0 Å². The molecule has 0 aliphatic carbocycles. The lowest BCUT2D eigenvalue weighted by Gasteiger charge is -2.25. The Hall–Kier alpha value is -2.88. The predicted octanol–water partition coefficient (Wildman–Crippen LogP) is 3.70. The average molecular weight is 348 g/mol. The van der Waals surface area contributed by atoms with Crippen LogP contribution in [0.5, 0.6) is 0 Å². The van der Waals surface area contributed by atoms with E-state index in [1.165, 1.54) is 4.90 Å². The van der Waals surface area contributed by atoms with Gasteiger partial charge in [-0.1, -0.05) is 67.6 Å². The van der Waals surface area contributed by atoms with E-state index in [-0.39, 0.29) is 11.8 Å². The summed E-state index contributed by atoms with van der Waals surface area (Å²) in [6.07, 6.45) is 0.748. The van der Waals surface area contributed by atoms with E-state index >= 15 is 0 Å². The Morgan fingerprint density at radius 1 is 0.846 bits per heavy atom. The smallest absolute Gasteiger partial charge is 0.277 e. The Labute approximate surface area is 154 Å². The van der Waals surface area contributed by atoms with Gasteiger partial charge in [-0.25, -0.2) is 0 Å². The number of carbonyl (C=O) groups excluding carboxylic acids is 2. The molecule has 1 aliphatic rings. The van der Waals surface area contributed by atoms with Crippen LogP contribution in [0.1, 0.15) is 31.4 Å². The molecule has 134 valence electrons. The Morgan fingerprint density at radius 2 is 1.46 bits per heavy atom. The third-order valence-corrected chi connectivity index (χ3v) is 4.57. The maximum Gasteiger partial charge on any atom is 0.277 e. The fourth-order valence-corrected chi connectivity index (χ4v) is 3.30. The van der Waals surface area contributed by atoms with E-state index in [9.17, 15) is 9.59 Å². The first-order valence-electron chi connectivity index (χ1n) is 9.12. The van der Waals surface area contributed by atoms with Crippen LogP contribution in [0.4, 0.5) is 0 Å². The molecule has 0 unspecified atom stereocenters. The SMILES string of the molecule is CCCN1C(=O)C(c2ccccc2)=C(N(CC)Cc2ccccc2)C1=O. The molecular weight excluding hydrogens is 324 g/mol. The largest absolute Gasteiger partial charge is 0.362 e. The summed E-state index contributed by atoms with van der Waals surface area (Å²) in [6.45, 7) is 5.68. The number of benzene rings is 2. The molecule has 2 aromatic carbocycles. The summed E-state index contributed by atoms with van der Waals surface area (Å²) in [7, 11) is 0. The molecule has 3 rings (SSSR count). The third-order valence-electron chi connectivity index (χ3n) is 4.57. The number of likely N-dealkylation sites (N-methyl/N-ethyl adjacent to an activating group) is 1. The predicted molar refractivity (Wildman–Crippen MR) is 103 cm³/mol. The zero-order chi connectivity index (χ0) is 18.5. The average Bonchev–Trinajstić information content (AvgIpc) is 2.92. The second-order valence-corrected chi connectivity index (χ2v) is 6.35. The molecule has 0 saturated carbocycles. The van der Waals surface area contributed by atoms with Crippen molar-refractivity contribution in [1.82, 2.24) is 9.80 Å². The lowest BCUT2D eigenvalue weighted by molar-refractivity contribution is -0.137. The molecular formula is C22H24N2O2. The van der Waals surface area contributed by atoms with Gasteiger partial charge in [-0.3, -0.25) is 14.5 Å². The van der Waals surface area contributed by atoms with Crippen molar-refractivity contribution in [3.05, 3.63) is 77.5 Å². The van der Waals surface area contributed by atoms with Crippen molar-refractivity contribution in [3.8, 4) is 0 Å². The van der Waals surface area contributed by atoms with Crippen molar-refractivity contribution in [2.45, 2.75) is 26.8 Å². The molecule has 2 aromatic rings. The van der Waals surface area contributed by atoms with Gasteiger partial charge >= 0.3 is 0 Å². The van der Waals surface area contributed by atoms with Crippen LogP contribution in [-0.4, -0.2) is 34.7 Å². The lowest BCUT2D eigenvalue weighted by atomic mass is 10.0. The second-order valence-electron chi connectivity index (χ2n) is 6.35. The summed E-state index contributed by atoms with van der Waals surface area (Å²) in [5.41, 5.74) is 2.94. The Balaban J connectivity index is 2.06. The van der Waals surface area contributed by atoms with E-state index in [4.69, 9.17) is 0 Å². The molecule has 26 heavy (non-hydrogen) atoms. The van der Waals surface area contributed by atoms with Crippen molar-refractivity contribution in [2.24, 2.45) is 0 Å². The van der Waals surface area contributed by atoms with E-state index in [1.54, 1.807) is 0 Å². The van der Waals surface area contributed by atoms with Gasteiger partial charge in [0.25, 0.3) is 11.8 Å². The molecule has 4 heteroatoms. The molecule has 0 saturated heterocycles. The van der Waals surface area contributed by atoms with Crippen molar-refractivity contribution >= 4 is 17.4 Å². The van der Waals surface area contributed by atoms with E-state index < -0.39 is 0 Å². The zero-order valence-electron chi connectivity index (χ0n) is 15.3. The zero-order valence-corrected chi connectivity index (χ0v) is 15.3. The maximum atomic E-state index is 13.1. The molecule has 0 radical (unpaired) electrons. The molecule has 1 heterocycles. The Bertz CT molecular complexity index is 813. The van der Waals surface area contributed by atoms with Gasteiger partial charge in [-0.15, -0.1) is 0 Å².